The molecule has 18 heavy (non-hydrogen) atoms. The summed E-state index contributed by atoms with van der Waals surface area (Å²) in [4.78, 5) is 0. The van der Waals surface area contributed by atoms with Crippen LogP contribution < -0.4 is 14.8 Å². The first-order valence-electron chi connectivity index (χ1n) is 6.35. The Bertz CT molecular complexity index is 440. The molecule has 1 aromatic rings. The number of ether oxygens (including phenoxy) is 2. The Morgan fingerprint density at radius 3 is 2.83 bits per heavy atom. The molecular formula is C14H18N2O2. The maximum Gasteiger partial charge on any atom is 0.161 e. The molecule has 1 aliphatic rings. The molecular weight excluding hydrogens is 228 g/mol. The third-order valence-corrected chi connectivity index (χ3v) is 2.98. The van der Waals surface area contributed by atoms with E-state index in [0.29, 0.717) is 13.2 Å². The number of nitriles is 1. The van der Waals surface area contributed by atoms with Crippen molar-refractivity contribution < 1.29 is 9.47 Å². The molecule has 0 saturated heterocycles. The van der Waals surface area contributed by atoms with Crippen molar-refractivity contribution in [2.45, 2.75) is 25.8 Å². The molecule has 2 rings (SSSR count). The highest BCUT2D eigenvalue weighted by Crippen LogP contribution is 2.30. The molecule has 0 spiro atoms. The number of rotatable bonds is 5. The van der Waals surface area contributed by atoms with Crippen LogP contribution in [0.3, 0.4) is 0 Å². The molecule has 1 atom stereocenters. The summed E-state index contributed by atoms with van der Waals surface area (Å²) < 4.78 is 11.0. The maximum absolute atomic E-state index is 8.83. The van der Waals surface area contributed by atoms with Crippen LogP contribution in [0.15, 0.2) is 18.2 Å². The zero-order chi connectivity index (χ0) is 12.8. The van der Waals surface area contributed by atoms with Gasteiger partial charge in [-0.25, -0.2) is 0 Å². The molecule has 0 aromatic heterocycles. The molecule has 0 amide bonds. The van der Waals surface area contributed by atoms with Crippen molar-refractivity contribution in [3.8, 4) is 17.6 Å². The number of nitrogens with one attached hydrogen (secondary N) is 1. The lowest BCUT2D eigenvalue weighted by Gasteiger charge is -2.19. The smallest absolute Gasteiger partial charge is 0.161 e. The minimum atomic E-state index is -0.0535. The van der Waals surface area contributed by atoms with E-state index in [9.17, 15) is 0 Å². The lowest BCUT2D eigenvalue weighted by molar-refractivity contribution is 0.171. The van der Waals surface area contributed by atoms with E-state index in [1.54, 1.807) is 0 Å². The van der Waals surface area contributed by atoms with Gasteiger partial charge in [0.25, 0.3) is 0 Å². The summed E-state index contributed by atoms with van der Waals surface area (Å²) in [5, 5.41) is 12.0. The number of fused-ring (bicyclic) bond motifs is 1. The SMILES string of the molecule is CCC(C#N)NCCc1ccc2c(c1)OCCO2. The van der Waals surface area contributed by atoms with Crippen LogP contribution in [0.1, 0.15) is 18.9 Å². The molecule has 0 fully saturated rings. The standard InChI is InChI=1S/C14H18N2O2/c1-2-12(10-15)16-6-5-11-3-4-13-14(9-11)18-8-7-17-13/h3-4,9,12,16H,2,5-8H2,1H3. The van der Waals surface area contributed by atoms with E-state index in [4.69, 9.17) is 14.7 Å². The fraction of sp³-hybridized carbons (Fsp3) is 0.500. The van der Waals surface area contributed by atoms with Crippen LogP contribution >= 0.6 is 0 Å². The monoisotopic (exact) mass is 246 g/mol. The van der Waals surface area contributed by atoms with Crippen LogP contribution in [-0.4, -0.2) is 25.8 Å². The third-order valence-electron chi connectivity index (χ3n) is 2.98. The Balaban J connectivity index is 1.88. The summed E-state index contributed by atoms with van der Waals surface area (Å²) in [6.07, 6.45) is 1.71. The van der Waals surface area contributed by atoms with Crippen molar-refractivity contribution in [2.75, 3.05) is 19.8 Å². The zero-order valence-electron chi connectivity index (χ0n) is 10.6. The van der Waals surface area contributed by atoms with E-state index in [1.165, 1.54) is 5.56 Å². The van der Waals surface area contributed by atoms with Crippen LogP contribution in [0.5, 0.6) is 11.5 Å². The summed E-state index contributed by atoms with van der Waals surface area (Å²) in [6, 6.07) is 8.19. The van der Waals surface area contributed by atoms with Gasteiger partial charge in [0.05, 0.1) is 12.1 Å². The van der Waals surface area contributed by atoms with Gasteiger partial charge in [-0.15, -0.1) is 0 Å². The predicted octanol–water partition coefficient (Wildman–Crippen LogP) is 1.89. The Hall–Kier alpha value is -1.73. The first-order valence-corrected chi connectivity index (χ1v) is 6.35. The molecule has 1 heterocycles. The molecule has 0 saturated carbocycles. The summed E-state index contributed by atoms with van der Waals surface area (Å²) in [5.74, 6) is 1.65. The second-order valence-corrected chi connectivity index (χ2v) is 4.27. The van der Waals surface area contributed by atoms with Crippen LogP contribution in [0.4, 0.5) is 0 Å². The van der Waals surface area contributed by atoms with E-state index in [-0.39, 0.29) is 6.04 Å². The number of hydrogen-bond donors (Lipinski definition) is 1. The lowest BCUT2D eigenvalue weighted by Crippen LogP contribution is -2.28. The van der Waals surface area contributed by atoms with Crippen molar-refractivity contribution in [3.63, 3.8) is 0 Å². The average molecular weight is 246 g/mol. The molecule has 1 unspecified atom stereocenters. The van der Waals surface area contributed by atoms with E-state index in [2.05, 4.69) is 11.4 Å². The Morgan fingerprint density at radius 1 is 1.33 bits per heavy atom. The Labute approximate surface area is 108 Å². The van der Waals surface area contributed by atoms with Crippen molar-refractivity contribution in [1.29, 1.82) is 5.26 Å². The molecule has 1 N–H and O–H groups in total. The Kier molecular flexibility index (Phi) is 4.43. The highest BCUT2D eigenvalue weighted by molar-refractivity contribution is 5.43. The van der Waals surface area contributed by atoms with Gasteiger partial charge in [0.15, 0.2) is 11.5 Å². The molecule has 4 heteroatoms. The van der Waals surface area contributed by atoms with Crippen LogP contribution in [0, 0.1) is 11.3 Å². The van der Waals surface area contributed by atoms with Gasteiger partial charge in [0, 0.05) is 6.54 Å². The lowest BCUT2D eigenvalue weighted by atomic mass is 10.1. The van der Waals surface area contributed by atoms with Crippen molar-refractivity contribution in [2.24, 2.45) is 0 Å². The van der Waals surface area contributed by atoms with Gasteiger partial charge in [-0.2, -0.15) is 5.26 Å². The first-order chi connectivity index (χ1) is 8.83. The van der Waals surface area contributed by atoms with Gasteiger partial charge in [-0.05, 0) is 30.5 Å². The van der Waals surface area contributed by atoms with E-state index in [0.717, 1.165) is 30.9 Å². The molecule has 0 radical (unpaired) electrons. The van der Waals surface area contributed by atoms with Gasteiger partial charge in [-0.3, -0.25) is 0 Å². The molecule has 0 bridgehead atoms. The minimum absolute atomic E-state index is 0.0535. The third kappa shape index (κ3) is 3.14. The molecule has 1 aromatic carbocycles. The van der Waals surface area contributed by atoms with E-state index in [1.807, 2.05) is 25.1 Å². The van der Waals surface area contributed by atoms with Gasteiger partial charge in [-0.1, -0.05) is 13.0 Å². The van der Waals surface area contributed by atoms with Crippen molar-refractivity contribution in [1.82, 2.24) is 5.32 Å². The predicted molar refractivity (Wildman–Crippen MR) is 68.8 cm³/mol. The zero-order valence-corrected chi connectivity index (χ0v) is 10.6. The molecule has 0 aliphatic carbocycles. The van der Waals surface area contributed by atoms with E-state index < -0.39 is 0 Å². The molecule has 1 aliphatic heterocycles. The quantitative estimate of drug-likeness (QED) is 0.862. The maximum atomic E-state index is 8.83. The Morgan fingerprint density at radius 2 is 2.11 bits per heavy atom. The second-order valence-electron chi connectivity index (χ2n) is 4.27. The van der Waals surface area contributed by atoms with Crippen molar-refractivity contribution >= 4 is 0 Å². The summed E-state index contributed by atoms with van der Waals surface area (Å²) in [7, 11) is 0. The van der Waals surface area contributed by atoms with Crippen LogP contribution in [0.2, 0.25) is 0 Å². The van der Waals surface area contributed by atoms with Gasteiger partial charge in [0.2, 0.25) is 0 Å². The molecule has 4 nitrogen and oxygen atoms in total. The number of hydrogen-bond acceptors (Lipinski definition) is 4. The minimum Gasteiger partial charge on any atom is -0.486 e. The van der Waals surface area contributed by atoms with Crippen LogP contribution in [0.25, 0.3) is 0 Å². The fourth-order valence-corrected chi connectivity index (χ4v) is 1.92. The first kappa shape index (κ1) is 12.7. The number of nitrogens with zero attached hydrogens (tertiary/aromatic N) is 1. The summed E-state index contributed by atoms with van der Waals surface area (Å²) in [5.41, 5.74) is 1.19. The average Bonchev–Trinajstić information content (AvgIpc) is 2.43. The highest BCUT2D eigenvalue weighted by Gasteiger charge is 2.11. The molecule has 96 valence electrons. The summed E-state index contributed by atoms with van der Waals surface area (Å²) >= 11 is 0. The van der Waals surface area contributed by atoms with Crippen molar-refractivity contribution in [3.05, 3.63) is 23.8 Å². The van der Waals surface area contributed by atoms with Crippen LogP contribution in [-0.2, 0) is 6.42 Å². The largest absolute Gasteiger partial charge is 0.486 e. The normalized spacial score (nSPS) is 14.9. The second kappa shape index (κ2) is 6.27. The van der Waals surface area contributed by atoms with Gasteiger partial charge in [0.1, 0.15) is 13.2 Å². The van der Waals surface area contributed by atoms with E-state index >= 15 is 0 Å². The van der Waals surface area contributed by atoms with Gasteiger partial charge < -0.3 is 14.8 Å². The highest BCUT2D eigenvalue weighted by atomic mass is 16.6. The summed E-state index contributed by atoms with van der Waals surface area (Å²) in [6.45, 7) is 4.03. The number of benzene rings is 1. The van der Waals surface area contributed by atoms with Gasteiger partial charge >= 0.3 is 0 Å². The topological polar surface area (TPSA) is 54.3 Å². The fourth-order valence-electron chi connectivity index (χ4n) is 1.92.